The number of benzene rings is 2. The molecule has 0 aliphatic rings. The molecule has 1 N–H and O–H groups in total. The van der Waals surface area contributed by atoms with Crippen LogP contribution in [-0.4, -0.2) is 15.2 Å². The van der Waals surface area contributed by atoms with Crippen LogP contribution in [0, 0.1) is 3.57 Å². The Morgan fingerprint density at radius 1 is 1.14 bits per heavy atom. The lowest BCUT2D eigenvalue weighted by Gasteiger charge is -1.99. The van der Waals surface area contributed by atoms with Gasteiger partial charge in [0.05, 0.1) is 8.59 Å². The molecule has 21 heavy (non-hydrogen) atoms. The van der Waals surface area contributed by atoms with Crippen molar-refractivity contribution in [3.8, 4) is 28.6 Å². The number of nitrogens with zero attached hydrogens (tertiary/aromatic N) is 2. The Kier molecular flexibility index (Phi) is 4.19. The lowest BCUT2D eigenvalue weighted by Crippen LogP contribution is -1.83. The van der Waals surface area contributed by atoms with E-state index in [0.717, 1.165) is 13.6 Å². The second kappa shape index (κ2) is 5.94. The molecule has 0 atom stereocenters. The average Bonchev–Trinajstić information content (AvgIpc) is 2.94. The molecule has 0 bridgehead atoms. The van der Waals surface area contributed by atoms with Crippen LogP contribution in [-0.2, 0) is 0 Å². The Hall–Kier alpha value is -1.12. The van der Waals surface area contributed by atoms with E-state index in [0.29, 0.717) is 22.3 Å². The zero-order chi connectivity index (χ0) is 15.0. The van der Waals surface area contributed by atoms with E-state index >= 15 is 0 Å². The molecule has 0 unspecified atom stereocenters. The third-order valence-electron chi connectivity index (χ3n) is 2.80. The van der Waals surface area contributed by atoms with Crippen LogP contribution in [0.25, 0.3) is 22.8 Å². The molecule has 4 nitrogen and oxygen atoms in total. The fraction of sp³-hybridized carbons (Fsp3) is 0. The molecule has 0 saturated carbocycles. The lowest BCUT2D eigenvalue weighted by atomic mass is 10.2. The molecule has 3 rings (SSSR count). The van der Waals surface area contributed by atoms with E-state index in [4.69, 9.17) is 16.1 Å². The summed E-state index contributed by atoms with van der Waals surface area (Å²) in [4.78, 5) is 4.34. The van der Waals surface area contributed by atoms with Gasteiger partial charge in [-0.05, 0) is 74.9 Å². The van der Waals surface area contributed by atoms with Crippen molar-refractivity contribution in [2.24, 2.45) is 0 Å². The molecule has 1 aromatic heterocycles. The Labute approximate surface area is 147 Å². The maximum absolute atomic E-state index is 9.73. The number of hydrogen-bond donors (Lipinski definition) is 1. The minimum atomic E-state index is 0.182. The molecule has 0 aliphatic heterocycles. The summed E-state index contributed by atoms with van der Waals surface area (Å²) < 4.78 is 6.77. The first kappa shape index (κ1) is 14.8. The number of halogens is 3. The molecule has 0 amide bonds. The summed E-state index contributed by atoms with van der Waals surface area (Å²) in [6.07, 6.45) is 0. The highest BCUT2D eigenvalue weighted by molar-refractivity contribution is 14.1. The van der Waals surface area contributed by atoms with Crippen molar-refractivity contribution in [2.45, 2.75) is 0 Å². The van der Waals surface area contributed by atoms with Crippen LogP contribution in [0.5, 0.6) is 5.75 Å². The fourth-order valence-corrected chi connectivity index (χ4v) is 2.57. The van der Waals surface area contributed by atoms with Gasteiger partial charge in [0.1, 0.15) is 5.75 Å². The maximum atomic E-state index is 9.73. The predicted molar refractivity (Wildman–Crippen MR) is 92.3 cm³/mol. The first-order valence-corrected chi connectivity index (χ1v) is 8.07. The number of aromatic hydroxyl groups is 1. The van der Waals surface area contributed by atoms with Crippen LogP contribution in [0.2, 0.25) is 5.02 Å². The van der Waals surface area contributed by atoms with Gasteiger partial charge in [-0.3, -0.25) is 0 Å². The van der Waals surface area contributed by atoms with Gasteiger partial charge in [0.15, 0.2) is 0 Å². The largest absolute Gasteiger partial charge is 0.507 e. The molecule has 0 aliphatic carbocycles. The zero-order valence-corrected chi connectivity index (χ0v) is 14.8. The normalized spacial score (nSPS) is 10.8. The standard InChI is InChI=1S/C14H7BrClIN2O2/c15-9-5-7(1-3-10(9)16)13-18-14(21-19-13)8-2-4-11(17)12(20)6-8/h1-6,20H. The minimum Gasteiger partial charge on any atom is -0.507 e. The summed E-state index contributed by atoms with van der Waals surface area (Å²) in [7, 11) is 0. The van der Waals surface area contributed by atoms with Crippen molar-refractivity contribution in [1.29, 1.82) is 0 Å². The molecule has 106 valence electrons. The molecule has 3 aromatic rings. The van der Waals surface area contributed by atoms with Gasteiger partial charge in [-0.25, -0.2) is 0 Å². The highest BCUT2D eigenvalue weighted by Crippen LogP contribution is 2.30. The highest BCUT2D eigenvalue weighted by Gasteiger charge is 2.13. The van der Waals surface area contributed by atoms with Crippen molar-refractivity contribution < 1.29 is 9.63 Å². The van der Waals surface area contributed by atoms with E-state index in [2.05, 4.69) is 26.1 Å². The van der Waals surface area contributed by atoms with Crippen LogP contribution >= 0.6 is 50.1 Å². The SMILES string of the molecule is Oc1cc(-c2nc(-c3ccc(Cl)c(Br)c3)no2)ccc1I. The molecular weight excluding hydrogens is 470 g/mol. The third kappa shape index (κ3) is 3.07. The molecule has 0 saturated heterocycles. The Morgan fingerprint density at radius 3 is 2.62 bits per heavy atom. The summed E-state index contributed by atoms with van der Waals surface area (Å²) >= 11 is 11.4. The topological polar surface area (TPSA) is 59.2 Å². The maximum Gasteiger partial charge on any atom is 0.258 e. The summed E-state index contributed by atoms with van der Waals surface area (Å²) in [5.74, 6) is 0.991. The van der Waals surface area contributed by atoms with Crippen molar-refractivity contribution >= 4 is 50.1 Å². The Morgan fingerprint density at radius 2 is 1.90 bits per heavy atom. The number of hydrogen-bond acceptors (Lipinski definition) is 4. The zero-order valence-electron chi connectivity index (χ0n) is 10.3. The average molecular weight is 477 g/mol. The highest BCUT2D eigenvalue weighted by atomic mass is 127. The molecule has 1 heterocycles. The number of phenols is 1. The minimum absolute atomic E-state index is 0.182. The second-order valence-corrected chi connectivity index (χ2v) is 6.64. The van der Waals surface area contributed by atoms with Crippen LogP contribution in [0.15, 0.2) is 45.4 Å². The van der Waals surface area contributed by atoms with Gasteiger partial charge in [-0.2, -0.15) is 4.98 Å². The third-order valence-corrected chi connectivity index (χ3v) is 4.92. The summed E-state index contributed by atoms with van der Waals surface area (Å²) in [6.45, 7) is 0. The van der Waals surface area contributed by atoms with Crippen molar-refractivity contribution in [3.05, 3.63) is 49.5 Å². The van der Waals surface area contributed by atoms with Gasteiger partial charge >= 0.3 is 0 Å². The van der Waals surface area contributed by atoms with Crippen LogP contribution < -0.4 is 0 Å². The van der Waals surface area contributed by atoms with E-state index in [1.807, 2.05) is 40.8 Å². The van der Waals surface area contributed by atoms with Gasteiger partial charge in [0, 0.05) is 15.6 Å². The van der Waals surface area contributed by atoms with Gasteiger partial charge in [-0.1, -0.05) is 16.8 Å². The molecule has 0 spiro atoms. The van der Waals surface area contributed by atoms with Crippen LogP contribution in [0.4, 0.5) is 0 Å². The van der Waals surface area contributed by atoms with E-state index in [1.165, 1.54) is 0 Å². The second-order valence-electron chi connectivity index (χ2n) is 4.22. The number of aromatic nitrogens is 2. The first-order valence-electron chi connectivity index (χ1n) is 5.82. The van der Waals surface area contributed by atoms with E-state index in [1.54, 1.807) is 18.2 Å². The van der Waals surface area contributed by atoms with Crippen molar-refractivity contribution in [3.63, 3.8) is 0 Å². The molecular formula is C14H7BrClIN2O2. The van der Waals surface area contributed by atoms with Gasteiger partial charge in [0.25, 0.3) is 5.89 Å². The van der Waals surface area contributed by atoms with E-state index in [9.17, 15) is 5.11 Å². The molecule has 0 radical (unpaired) electrons. The number of phenolic OH excluding ortho intramolecular Hbond substituents is 1. The number of rotatable bonds is 2. The first-order chi connectivity index (χ1) is 10.0. The quantitative estimate of drug-likeness (QED) is 0.520. The summed E-state index contributed by atoms with van der Waals surface area (Å²) in [6, 6.07) is 10.6. The van der Waals surface area contributed by atoms with Crippen molar-refractivity contribution in [1.82, 2.24) is 10.1 Å². The summed E-state index contributed by atoms with van der Waals surface area (Å²) in [5.41, 5.74) is 1.45. The Bertz CT molecular complexity index is 756. The smallest absolute Gasteiger partial charge is 0.258 e. The van der Waals surface area contributed by atoms with Gasteiger partial charge < -0.3 is 9.63 Å². The monoisotopic (exact) mass is 476 g/mol. The molecule has 0 fully saturated rings. The van der Waals surface area contributed by atoms with Crippen molar-refractivity contribution in [2.75, 3.05) is 0 Å². The molecule has 7 heteroatoms. The van der Waals surface area contributed by atoms with Crippen LogP contribution in [0.1, 0.15) is 0 Å². The lowest BCUT2D eigenvalue weighted by molar-refractivity contribution is 0.431. The van der Waals surface area contributed by atoms with Gasteiger partial charge in [-0.15, -0.1) is 0 Å². The Balaban J connectivity index is 1.99. The van der Waals surface area contributed by atoms with Crippen LogP contribution in [0.3, 0.4) is 0 Å². The van der Waals surface area contributed by atoms with E-state index in [-0.39, 0.29) is 5.75 Å². The molecule has 2 aromatic carbocycles. The fourth-order valence-electron chi connectivity index (χ4n) is 1.74. The van der Waals surface area contributed by atoms with E-state index < -0.39 is 0 Å². The predicted octanol–water partition coefficient (Wildman–Crippen LogP) is 5.13. The van der Waals surface area contributed by atoms with Gasteiger partial charge in [0.2, 0.25) is 5.82 Å². The summed E-state index contributed by atoms with van der Waals surface area (Å²) in [5, 5.41) is 14.3.